The number of hydrogen-bond acceptors (Lipinski definition) is 2. The number of rotatable bonds is 5. The van der Waals surface area contributed by atoms with E-state index in [0.717, 1.165) is 25.0 Å². The molecule has 82 valence electrons. The molecule has 1 saturated carbocycles. The van der Waals surface area contributed by atoms with Gasteiger partial charge < -0.3 is 10.6 Å². The molecule has 1 aromatic carbocycles. The van der Waals surface area contributed by atoms with Crippen LogP contribution < -0.4 is 10.6 Å². The summed E-state index contributed by atoms with van der Waals surface area (Å²) in [5, 5.41) is 6.95. The summed E-state index contributed by atoms with van der Waals surface area (Å²) in [5.41, 5.74) is 1.21. The molecule has 0 unspecified atom stereocenters. The highest BCUT2D eigenvalue weighted by molar-refractivity contribution is 5.42. The van der Waals surface area contributed by atoms with Crippen molar-refractivity contribution in [1.29, 1.82) is 0 Å². The Bertz CT molecular complexity index is 278. The molecular weight excluding hydrogens is 184 g/mol. The number of nitrogens with one attached hydrogen (secondary N) is 2. The average molecular weight is 204 g/mol. The Labute approximate surface area is 92.1 Å². The summed E-state index contributed by atoms with van der Waals surface area (Å²) in [6, 6.07) is 11.1. The molecule has 0 saturated heterocycles. The molecule has 1 aliphatic carbocycles. The number of hydrogen-bond donors (Lipinski definition) is 2. The summed E-state index contributed by atoms with van der Waals surface area (Å²) in [6.45, 7) is 4.39. The average Bonchev–Trinajstić information content (AvgIpc) is 2.23. The Morgan fingerprint density at radius 1 is 1.13 bits per heavy atom. The number of para-hydroxylation sites is 1. The molecule has 2 N–H and O–H groups in total. The van der Waals surface area contributed by atoms with Crippen LogP contribution in [0.25, 0.3) is 0 Å². The molecule has 0 atom stereocenters. The molecule has 0 bridgehead atoms. The fraction of sp³-hybridized carbons (Fsp3) is 0.538. The zero-order valence-corrected chi connectivity index (χ0v) is 9.37. The third-order valence-electron chi connectivity index (χ3n) is 3.03. The van der Waals surface area contributed by atoms with Gasteiger partial charge in [0, 0.05) is 24.8 Å². The fourth-order valence-electron chi connectivity index (χ4n) is 2.11. The molecule has 2 heteroatoms. The minimum atomic E-state index is 0.776. The summed E-state index contributed by atoms with van der Waals surface area (Å²) in [6.07, 6.45) is 2.71. The molecule has 0 heterocycles. The maximum absolute atomic E-state index is 3.56. The van der Waals surface area contributed by atoms with Crippen LogP contribution in [0.1, 0.15) is 19.8 Å². The van der Waals surface area contributed by atoms with Gasteiger partial charge in [0.15, 0.2) is 0 Å². The van der Waals surface area contributed by atoms with Gasteiger partial charge in [0.2, 0.25) is 0 Å². The second-order valence-electron chi connectivity index (χ2n) is 4.52. The molecule has 0 aliphatic heterocycles. The predicted octanol–water partition coefficient (Wildman–Crippen LogP) is 2.49. The molecule has 0 aromatic heterocycles. The van der Waals surface area contributed by atoms with Crippen molar-refractivity contribution in [2.75, 3.05) is 18.4 Å². The van der Waals surface area contributed by atoms with Gasteiger partial charge in [-0.2, -0.15) is 0 Å². The Hall–Kier alpha value is -1.02. The summed E-state index contributed by atoms with van der Waals surface area (Å²) in [4.78, 5) is 0. The largest absolute Gasteiger partial charge is 0.384 e. The molecule has 2 nitrogen and oxygen atoms in total. The van der Waals surface area contributed by atoms with E-state index in [0.29, 0.717) is 0 Å². The summed E-state index contributed by atoms with van der Waals surface area (Å²) in [5.74, 6) is 0.935. The van der Waals surface area contributed by atoms with Crippen LogP contribution in [0.3, 0.4) is 0 Å². The topological polar surface area (TPSA) is 24.1 Å². The van der Waals surface area contributed by atoms with E-state index in [1.54, 1.807) is 0 Å². The molecule has 15 heavy (non-hydrogen) atoms. The smallest absolute Gasteiger partial charge is 0.0340 e. The van der Waals surface area contributed by atoms with Crippen molar-refractivity contribution in [3.8, 4) is 0 Å². The highest BCUT2D eigenvalue weighted by Gasteiger charge is 2.23. The van der Waals surface area contributed by atoms with Gasteiger partial charge in [0.1, 0.15) is 0 Å². The van der Waals surface area contributed by atoms with Crippen LogP contribution in [-0.2, 0) is 0 Å². The fourth-order valence-corrected chi connectivity index (χ4v) is 2.11. The molecule has 2 rings (SSSR count). The van der Waals surface area contributed by atoms with E-state index in [1.807, 2.05) is 6.07 Å². The van der Waals surface area contributed by atoms with Gasteiger partial charge in [0.25, 0.3) is 0 Å². The van der Waals surface area contributed by atoms with Gasteiger partial charge in [-0.05, 0) is 30.9 Å². The Morgan fingerprint density at radius 2 is 1.87 bits per heavy atom. The normalized spacial score (nSPS) is 24.6. The van der Waals surface area contributed by atoms with E-state index in [4.69, 9.17) is 0 Å². The Kier molecular flexibility index (Phi) is 3.62. The minimum Gasteiger partial charge on any atom is -0.384 e. The van der Waals surface area contributed by atoms with Crippen LogP contribution in [-0.4, -0.2) is 19.1 Å². The Morgan fingerprint density at radius 3 is 2.53 bits per heavy atom. The van der Waals surface area contributed by atoms with Gasteiger partial charge in [-0.15, -0.1) is 0 Å². The van der Waals surface area contributed by atoms with E-state index in [9.17, 15) is 0 Å². The van der Waals surface area contributed by atoms with Gasteiger partial charge in [-0.1, -0.05) is 25.1 Å². The molecule has 0 spiro atoms. The van der Waals surface area contributed by atoms with Crippen LogP contribution in [0.2, 0.25) is 0 Å². The quantitative estimate of drug-likeness (QED) is 0.720. The zero-order chi connectivity index (χ0) is 10.5. The van der Waals surface area contributed by atoms with E-state index in [1.165, 1.54) is 18.5 Å². The highest BCUT2D eigenvalue weighted by atomic mass is 15.0. The second kappa shape index (κ2) is 5.17. The highest BCUT2D eigenvalue weighted by Crippen LogP contribution is 2.25. The van der Waals surface area contributed by atoms with Crippen LogP contribution in [0.4, 0.5) is 5.69 Å². The predicted molar refractivity (Wildman–Crippen MR) is 65.1 cm³/mol. The van der Waals surface area contributed by atoms with Gasteiger partial charge >= 0.3 is 0 Å². The molecule has 1 aromatic rings. The third-order valence-corrected chi connectivity index (χ3v) is 3.03. The molecule has 0 amide bonds. The van der Waals surface area contributed by atoms with E-state index < -0.39 is 0 Å². The second-order valence-corrected chi connectivity index (χ2v) is 4.52. The van der Waals surface area contributed by atoms with Crippen molar-refractivity contribution >= 4 is 5.69 Å². The standard InChI is InChI=1S/C13H20N2/c1-11-9-13(10-11)15-8-7-14-12-5-3-2-4-6-12/h2-6,11,13-15H,7-10H2,1H3. The van der Waals surface area contributed by atoms with E-state index in [2.05, 4.69) is 41.8 Å². The van der Waals surface area contributed by atoms with Crippen LogP contribution >= 0.6 is 0 Å². The van der Waals surface area contributed by atoms with E-state index >= 15 is 0 Å². The maximum Gasteiger partial charge on any atom is 0.0340 e. The molecular formula is C13H20N2. The van der Waals surface area contributed by atoms with Crippen LogP contribution in [0, 0.1) is 5.92 Å². The van der Waals surface area contributed by atoms with Crippen molar-refractivity contribution in [1.82, 2.24) is 5.32 Å². The first-order chi connectivity index (χ1) is 7.34. The van der Waals surface area contributed by atoms with Crippen molar-refractivity contribution in [2.24, 2.45) is 5.92 Å². The lowest BCUT2D eigenvalue weighted by molar-refractivity contribution is 0.244. The monoisotopic (exact) mass is 204 g/mol. The SMILES string of the molecule is CC1CC(NCCNc2ccccc2)C1. The van der Waals surface area contributed by atoms with Crippen LogP contribution in [0.5, 0.6) is 0 Å². The lowest BCUT2D eigenvalue weighted by atomic mass is 9.82. The first-order valence-electron chi connectivity index (χ1n) is 5.87. The van der Waals surface area contributed by atoms with Gasteiger partial charge in [-0.3, -0.25) is 0 Å². The van der Waals surface area contributed by atoms with Crippen molar-refractivity contribution < 1.29 is 0 Å². The molecule has 1 aliphatic rings. The van der Waals surface area contributed by atoms with Crippen molar-refractivity contribution in [2.45, 2.75) is 25.8 Å². The first-order valence-corrected chi connectivity index (χ1v) is 5.87. The summed E-state index contributed by atoms with van der Waals surface area (Å²) >= 11 is 0. The number of anilines is 1. The minimum absolute atomic E-state index is 0.776. The lowest BCUT2D eigenvalue weighted by Crippen LogP contribution is -2.41. The molecule has 0 radical (unpaired) electrons. The van der Waals surface area contributed by atoms with Crippen molar-refractivity contribution in [3.05, 3.63) is 30.3 Å². The zero-order valence-electron chi connectivity index (χ0n) is 9.37. The summed E-state index contributed by atoms with van der Waals surface area (Å²) < 4.78 is 0. The van der Waals surface area contributed by atoms with Gasteiger partial charge in [0.05, 0.1) is 0 Å². The molecule has 1 fully saturated rings. The Balaban J connectivity index is 1.56. The van der Waals surface area contributed by atoms with Crippen molar-refractivity contribution in [3.63, 3.8) is 0 Å². The van der Waals surface area contributed by atoms with Crippen LogP contribution in [0.15, 0.2) is 30.3 Å². The third kappa shape index (κ3) is 3.24. The van der Waals surface area contributed by atoms with Gasteiger partial charge in [-0.25, -0.2) is 0 Å². The number of benzene rings is 1. The maximum atomic E-state index is 3.56. The first kappa shape index (κ1) is 10.5. The van der Waals surface area contributed by atoms with E-state index in [-0.39, 0.29) is 0 Å². The lowest BCUT2D eigenvalue weighted by Gasteiger charge is -2.33. The summed E-state index contributed by atoms with van der Waals surface area (Å²) in [7, 11) is 0.